The highest BCUT2D eigenvalue weighted by atomic mass is 16.2. The molecule has 1 fully saturated rings. The van der Waals surface area contributed by atoms with Gasteiger partial charge in [-0.1, -0.05) is 0 Å². The highest BCUT2D eigenvalue weighted by molar-refractivity contribution is 5.85. The van der Waals surface area contributed by atoms with E-state index < -0.39 is 0 Å². The molecule has 1 aliphatic rings. The molecule has 1 aromatic rings. The van der Waals surface area contributed by atoms with Crippen LogP contribution in [-0.2, 0) is 4.79 Å². The predicted octanol–water partition coefficient (Wildman–Crippen LogP) is 0.351. The third-order valence-electron chi connectivity index (χ3n) is 3.29. The average molecular weight is 249 g/mol. The molecule has 18 heavy (non-hydrogen) atoms. The van der Waals surface area contributed by atoms with Crippen LogP contribution in [-0.4, -0.2) is 30.5 Å². The second-order valence-corrected chi connectivity index (χ2v) is 4.46. The molecule has 1 atom stereocenters. The fourth-order valence-corrected chi connectivity index (χ4v) is 2.28. The van der Waals surface area contributed by atoms with E-state index in [0.29, 0.717) is 11.5 Å². The maximum atomic E-state index is 11.9. The zero-order valence-corrected chi connectivity index (χ0v) is 10.5. The Morgan fingerprint density at radius 3 is 2.89 bits per heavy atom. The van der Waals surface area contributed by atoms with Crippen LogP contribution in [0.5, 0.6) is 0 Å². The number of anilines is 3. The Bertz CT molecular complexity index is 448. The lowest BCUT2D eigenvalue weighted by atomic mass is 10.0. The molecule has 6 heteroatoms. The normalized spacial score (nSPS) is 19.6. The maximum Gasteiger partial charge on any atom is 0.242 e. The first-order valence-corrected chi connectivity index (χ1v) is 6.13. The summed E-state index contributed by atoms with van der Waals surface area (Å²) in [7, 11) is 1.65. The van der Waals surface area contributed by atoms with E-state index in [0.717, 1.165) is 31.6 Å². The van der Waals surface area contributed by atoms with Crippen molar-refractivity contribution in [3.63, 3.8) is 0 Å². The molecular formula is C12H19N5O. The Labute approximate surface area is 106 Å². The minimum absolute atomic E-state index is 0.0203. The zero-order valence-electron chi connectivity index (χ0n) is 10.5. The summed E-state index contributed by atoms with van der Waals surface area (Å²) in [5.74, 6) is 1.05. The van der Waals surface area contributed by atoms with Crippen molar-refractivity contribution in [2.75, 3.05) is 30.0 Å². The number of nitrogens with one attached hydrogen (secondary N) is 1. The van der Waals surface area contributed by atoms with Crippen molar-refractivity contribution in [3.8, 4) is 0 Å². The van der Waals surface area contributed by atoms with Crippen molar-refractivity contribution in [1.82, 2.24) is 10.3 Å². The van der Waals surface area contributed by atoms with Crippen LogP contribution in [0.1, 0.15) is 19.3 Å². The lowest BCUT2D eigenvalue weighted by molar-refractivity contribution is -0.122. The third-order valence-corrected chi connectivity index (χ3v) is 3.29. The quantitative estimate of drug-likeness (QED) is 0.702. The summed E-state index contributed by atoms with van der Waals surface area (Å²) in [5, 5.41) is 2.70. The summed E-state index contributed by atoms with van der Waals surface area (Å²) in [6.07, 6.45) is 2.95. The molecular weight excluding hydrogens is 230 g/mol. The van der Waals surface area contributed by atoms with Gasteiger partial charge in [0.15, 0.2) is 0 Å². The molecule has 0 bridgehead atoms. The van der Waals surface area contributed by atoms with E-state index in [9.17, 15) is 4.79 Å². The van der Waals surface area contributed by atoms with Crippen molar-refractivity contribution >= 4 is 23.2 Å². The molecule has 6 nitrogen and oxygen atoms in total. The predicted molar refractivity (Wildman–Crippen MR) is 72.1 cm³/mol. The van der Waals surface area contributed by atoms with Gasteiger partial charge in [0.05, 0.1) is 5.69 Å². The molecule has 2 heterocycles. The first kappa shape index (κ1) is 12.5. The summed E-state index contributed by atoms with van der Waals surface area (Å²) in [6, 6.07) is 3.37. The van der Waals surface area contributed by atoms with Crippen molar-refractivity contribution < 1.29 is 4.79 Å². The average Bonchev–Trinajstić information content (AvgIpc) is 2.41. The number of nitrogen functional groups attached to an aromatic ring is 2. The van der Waals surface area contributed by atoms with Gasteiger partial charge in [-0.2, -0.15) is 0 Å². The van der Waals surface area contributed by atoms with Crippen LogP contribution in [0.15, 0.2) is 12.1 Å². The number of aromatic nitrogens is 1. The molecule has 0 aliphatic carbocycles. The number of rotatable bonds is 2. The van der Waals surface area contributed by atoms with Crippen LogP contribution in [0.3, 0.4) is 0 Å². The Kier molecular flexibility index (Phi) is 3.55. The van der Waals surface area contributed by atoms with Gasteiger partial charge in [-0.25, -0.2) is 4.98 Å². The van der Waals surface area contributed by atoms with Gasteiger partial charge < -0.3 is 21.7 Å². The molecule has 1 aromatic heterocycles. The van der Waals surface area contributed by atoms with Crippen LogP contribution in [0.25, 0.3) is 0 Å². The van der Waals surface area contributed by atoms with Gasteiger partial charge in [-0.15, -0.1) is 0 Å². The first-order valence-electron chi connectivity index (χ1n) is 6.13. The van der Waals surface area contributed by atoms with E-state index in [4.69, 9.17) is 11.5 Å². The molecule has 1 amide bonds. The first-order chi connectivity index (χ1) is 8.63. The highest BCUT2D eigenvalue weighted by Gasteiger charge is 2.29. The fourth-order valence-electron chi connectivity index (χ4n) is 2.28. The summed E-state index contributed by atoms with van der Waals surface area (Å²) in [5.41, 5.74) is 11.8. The third kappa shape index (κ3) is 2.32. The van der Waals surface area contributed by atoms with Crippen LogP contribution in [0.2, 0.25) is 0 Å². The van der Waals surface area contributed by atoms with Gasteiger partial charge in [-0.05, 0) is 31.4 Å². The zero-order chi connectivity index (χ0) is 13.1. The van der Waals surface area contributed by atoms with E-state index in [-0.39, 0.29) is 11.9 Å². The number of hydrogen-bond donors (Lipinski definition) is 3. The summed E-state index contributed by atoms with van der Waals surface area (Å²) >= 11 is 0. The molecule has 98 valence electrons. The fraction of sp³-hybridized carbons (Fsp3) is 0.500. The lowest BCUT2D eigenvalue weighted by Gasteiger charge is -2.35. The summed E-state index contributed by atoms with van der Waals surface area (Å²) < 4.78 is 0. The topological polar surface area (TPSA) is 97.3 Å². The SMILES string of the molecule is CNC(=O)C1CCCCN1c1ccc(N)c(N)n1. The van der Waals surface area contributed by atoms with Crippen molar-refractivity contribution in [3.05, 3.63) is 12.1 Å². The van der Waals surface area contributed by atoms with E-state index in [1.807, 2.05) is 11.0 Å². The molecule has 0 aromatic carbocycles. The van der Waals surface area contributed by atoms with Crippen LogP contribution in [0, 0.1) is 0 Å². The molecule has 5 N–H and O–H groups in total. The van der Waals surface area contributed by atoms with Gasteiger partial charge in [0.1, 0.15) is 17.7 Å². The highest BCUT2D eigenvalue weighted by Crippen LogP contribution is 2.25. The van der Waals surface area contributed by atoms with Crippen LogP contribution < -0.4 is 21.7 Å². The molecule has 0 spiro atoms. The molecule has 0 radical (unpaired) electrons. The number of amides is 1. The number of carbonyl (C=O) groups excluding carboxylic acids is 1. The number of hydrogen-bond acceptors (Lipinski definition) is 5. The molecule has 1 saturated heterocycles. The second-order valence-electron chi connectivity index (χ2n) is 4.46. The summed E-state index contributed by atoms with van der Waals surface area (Å²) in [6.45, 7) is 0.814. The Balaban J connectivity index is 2.27. The van der Waals surface area contributed by atoms with Gasteiger partial charge in [-0.3, -0.25) is 4.79 Å². The number of carbonyl (C=O) groups is 1. The van der Waals surface area contributed by atoms with Gasteiger partial charge in [0.25, 0.3) is 0 Å². The van der Waals surface area contributed by atoms with Crippen LogP contribution in [0.4, 0.5) is 17.3 Å². The Morgan fingerprint density at radius 1 is 1.44 bits per heavy atom. The Morgan fingerprint density at radius 2 is 2.22 bits per heavy atom. The minimum atomic E-state index is -0.167. The monoisotopic (exact) mass is 249 g/mol. The van der Waals surface area contributed by atoms with Crippen LogP contribution >= 0.6 is 0 Å². The van der Waals surface area contributed by atoms with Gasteiger partial charge in [0, 0.05) is 13.6 Å². The number of pyridine rings is 1. The number of piperidine rings is 1. The second kappa shape index (κ2) is 5.12. The Hall–Kier alpha value is -1.98. The lowest BCUT2D eigenvalue weighted by Crippen LogP contribution is -2.49. The smallest absolute Gasteiger partial charge is 0.242 e. The van der Waals surface area contributed by atoms with Crippen molar-refractivity contribution in [2.45, 2.75) is 25.3 Å². The van der Waals surface area contributed by atoms with E-state index in [2.05, 4.69) is 10.3 Å². The molecule has 1 unspecified atom stereocenters. The molecule has 0 saturated carbocycles. The minimum Gasteiger partial charge on any atom is -0.396 e. The molecule has 2 rings (SSSR count). The number of nitrogens with zero attached hydrogens (tertiary/aromatic N) is 2. The van der Waals surface area contributed by atoms with Gasteiger partial charge >= 0.3 is 0 Å². The van der Waals surface area contributed by atoms with E-state index >= 15 is 0 Å². The van der Waals surface area contributed by atoms with E-state index in [1.165, 1.54) is 0 Å². The van der Waals surface area contributed by atoms with Crippen molar-refractivity contribution in [1.29, 1.82) is 0 Å². The summed E-state index contributed by atoms with van der Waals surface area (Å²) in [4.78, 5) is 18.1. The number of likely N-dealkylation sites (N-methyl/N-ethyl adjacent to an activating group) is 1. The largest absolute Gasteiger partial charge is 0.396 e. The molecule has 1 aliphatic heterocycles. The maximum absolute atomic E-state index is 11.9. The number of nitrogens with two attached hydrogens (primary N) is 2. The van der Waals surface area contributed by atoms with E-state index in [1.54, 1.807) is 13.1 Å². The van der Waals surface area contributed by atoms with Crippen molar-refractivity contribution in [2.24, 2.45) is 0 Å². The van der Waals surface area contributed by atoms with Gasteiger partial charge in [0.2, 0.25) is 5.91 Å². The standard InChI is InChI=1S/C12H19N5O/c1-15-12(18)9-4-2-3-7-17(9)10-6-5-8(13)11(14)16-10/h5-6,9H,2-4,7,13H2,1H3,(H2,14,16)(H,15,18).